The molecule has 3 N–H and O–H groups in total. The van der Waals surface area contributed by atoms with Crippen LogP contribution in [0.4, 0.5) is 0 Å². The molecule has 1 heterocycles. The van der Waals surface area contributed by atoms with E-state index >= 15 is 0 Å². The fourth-order valence-electron chi connectivity index (χ4n) is 5.57. The Hall–Kier alpha value is 0.454. The number of nitrogens with one attached hydrogen (secondary N) is 1. The molecule has 1 saturated heterocycles. The molecule has 5 nitrogen and oxygen atoms in total. The molecule has 0 saturated carbocycles. The van der Waals surface area contributed by atoms with Gasteiger partial charge in [0, 0.05) is 52.3 Å². The van der Waals surface area contributed by atoms with Crippen molar-refractivity contribution in [2.75, 3.05) is 26.3 Å². The van der Waals surface area contributed by atoms with E-state index in [1.165, 1.54) is 96.3 Å². The second-order valence-electron chi connectivity index (χ2n) is 12.0. The van der Waals surface area contributed by atoms with E-state index < -0.39 is 0 Å². The molecule has 1 radical (unpaired) electrons. The largest absolute Gasteiger partial charge is 0.462 e. The van der Waals surface area contributed by atoms with Crippen LogP contribution in [0.15, 0.2) is 0 Å². The van der Waals surface area contributed by atoms with Crippen molar-refractivity contribution in [3.05, 3.63) is 0 Å². The first kappa shape index (κ1) is 42.6. The second kappa shape index (κ2) is 34.0. The SMILES string of the molecule is CCCCC(CO)CCC.CCCCCCCCCC(CCCCCCCCO)OC(=O)CC1CCNCC1.[Y]. The number of ether oxygens (including phenoxy) is 1. The Bertz CT molecular complexity index is 484. The number of carbonyl (C=O) groups is 1. The van der Waals surface area contributed by atoms with Crippen LogP contribution >= 0.6 is 0 Å². The molecule has 2 atom stereocenters. The van der Waals surface area contributed by atoms with Crippen molar-refractivity contribution < 1.29 is 52.5 Å². The molecule has 237 valence electrons. The topological polar surface area (TPSA) is 78.8 Å². The van der Waals surface area contributed by atoms with Crippen LogP contribution in [0, 0.1) is 11.8 Å². The molecule has 40 heavy (non-hydrogen) atoms. The molecule has 0 amide bonds. The summed E-state index contributed by atoms with van der Waals surface area (Å²) in [6.07, 6.45) is 27.1. The summed E-state index contributed by atoms with van der Waals surface area (Å²) < 4.78 is 5.95. The minimum atomic E-state index is 0. The van der Waals surface area contributed by atoms with E-state index in [1.807, 2.05) is 0 Å². The van der Waals surface area contributed by atoms with Gasteiger partial charge >= 0.3 is 5.97 Å². The van der Waals surface area contributed by atoms with Gasteiger partial charge in [0.1, 0.15) is 6.10 Å². The third kappa shape index (κ3) is 28.6. The number of aliphatic hydroxyl groups excluding tert-OH is 2. The standard InChI is InChI=1S/C25H49NO3.C9H20O.Y/c1-2-3-4-5-6-9-12-15-24(16-13-10-7-8-11-14-21-27)29-25(28)22-23-17-19-26-20-18-23;1-3-5-7-9(8-10)6-4-2;/h23-24,26-27H,2-22H2,1H3;9-10H,3-8H2,1-2H3;. The van der Waals surface area contributed by atoms with Gasteiger partial charge in [-0.3, -0.25) is 4.79 Å². The van der Waals surface area contributed by atoms with Gasteiger partial charge in [-0.05, 0) is 82.7 Å². The molecule has 0 spiro atoms. The maximum Gasteiger partial charge on any atom is 0.306 e. The third-order valence-corrected chi connectivity index (χ3v) is 8.20. The molecule has 1 aliphatic heterocycles. The number of hydrogen-bond acceptors (Lipinski definition) is 5. The minimum Gasteiger partial charge on any atom is -0.462 e. The van der Waals surface area contributed by atoms with E-state index in [1.54, 1.807) is 0 Å². The van der Waals surface area contributed by atoms with Crippen molar-refractivity contribution in [2.24, 2.45) is 11.8 Å². The summed E-state index contributed by atoms with van der Waals surface area (Å²) in [4.78, 5) is 12.5. The summed E-state index contributed by atoms with van der Waals surface area (Å²) in [6, 6.07) is 0. The van der Waals surface area contributed by atoms with Crippen LogP contribution in [0.5, 0.6) is 0 Å². The average Bonchev–Trinajstić information content (AvgIpc) is 2.95. The Labute approximate surface area is 275 Å². The number of carbonyl (C=O) groups excluding carboxylic acids is 1. The second-order valence-corrected chi connectivity index (χ2v) is 12.0. The van der Waals surface area contributed by atoms with Gasteiger partial charge in [-0.1, -0.05) is 104 Å². The number of aliphatic hydroxyl groups is 2. The number of hydrogen-bond donors (Lipinski definition) is 3. The van der Waals surface area contributed by atoms with Crippen LogP contribution in [-0.2, 0) is 42.2 Å². The van der Waals surface area contributed by atoms with Gasteiger partial charge in [0.05, 0.1) is 0 Å². The van der Waals surface area contributed by atoms with Gasteiger partial charge in [-0.25, -0.2) is 0 Å². The zero-order valence-electron chi connectivity index (χ0n) is 27.1. The Kier molecular flexibility index (Phi) is 36.1. The Balaban J connectivity index is 0. The van der Waals surface area contributed by atoms with Crippen molar-refractivity contribution in [3.63, 3.8) is 0 Å². The minimum absolute atomic E-state index is 0. The van der Waals surface area contributed by atoms with Gasteiger partial charge in [0.25, 0.3) is 0 Å². The molecule has 0 bridgehead atoms. The summed E-state index contributed by atoms with van der Waals surface area (Å²) >= 11 is 0. The van der Waals surface area contributed by atoms with Crippen molar-refractivity contribution in [2.45, 2.75) is 175 Å². The first-order chi connectivity index (χ1) is 19.1. The van der Waals surface area contributed by atoms with E-state index in [-0.39, 0.29) is 44.8 Å². The van der Waals surface area contributed by atoms with Gasteiger partial charge in [0.2, 0.25) is 0 Å². The molecule has 0 aromatic carbocycles. The van der Waals surface area contributed by atoms with Gasteiger partial charge in [-0.15, -0.1) is 0 Å². The molecular formula is C34H69NO4Y. The third-order valence-electron chi connectivity index (χ3n) is 8.20. The normalized spacial score (nSPS) is 15.0. The average molecular weight is 645 g/mol. The van der Waals surface area contributed by atoms with E-state index in [0.29, 0.717) is 31.5 Å². The monoisotopic (exact) mass is 644 g/mol. The first-order valence-electron chi connectivity index (χ1n) is 17.2. The van der Waals surface area contributed by atoms with Crippen LogP contribution in [0.2, 0.25) is 0 Å². The van der Waals surface area contributed by atoms with E-state index in [2.05, 4.69) is 26.1 Å². The van der Waals surface area contributed by atoms with E-state index in [9.17, 15) is 4.79 Å². The van der Waals surface area contributed by atoms with Crippen LogP contribution in [0.25, 0.3) is 0 Å². The molecular weight excluding hydrogens is 575 g/mol. The predicted octanol–water partition coefficient (Wildman–Crippen LogP) is 8.73. The van der Waals surface area contributed by atoms with Gasteiger partial charge in [0.15, 0.2) is 0 Å². The Morgan fingerprint density at radius 1 is 0.700 bits per heavy atom. The molecule has 0 aliphatic carbocycles. The summed E-state index contributed by atoms with van der Waals surface area (Å²) in [7, 11) is 0. The van der Waals surface area contributed by atoms with E-state index in [4.69, 9.17) is 14.9 Å². The maximum atomic E-state index is 12.5. The summed E-state index contributed by atoms with van der Waals surface area (Å²) in [6.45, 7) is 9.40. The Morgan fingerprint density at radius 2 is 1.23 bits per heavy atom. The molecule has 0 aromatic heterocycles. The van der Waals surface area contributed by atoms with Crippen LogP contribution in [0.3, 0.4) is 0 Å². The first-order valence-corrected chi connectivity index (χ1v) is 17.2. The number of rotatable bonds is 25. The van der Waals surface area contributed by atoms with E-state index in [0.717, 1.165) is 58.0 Å². The van der Waals surface area contributed by atoms with Crippen molar-refractivity contribution in [1.29, 1.82) is 0 Å². The fourth-order valence-corrected chi connectivity index (χ4v) is 5.57. The molecule has 0 aromatic rings. The van der Waals surface area contributed by atoms with Gasteiger partial charge in [-0.2, -0.15) is 0 Å². The fraction of sp³-hybridized carbons (Fsp3) is 0.971. The van der Waals surface area contributed by atoms with Crippen LogP contribution < -0.4 is 5.32 Å². The number of unbranched alkanes of at least 4 members (excludes halogenated alkanes) is 12. The maximum absolute atomic E-state index is 12.5. The Morgan fingerprint density at radius 3 is 1.73 bits per heavy atom. The number of esters is 1. The zero-order valence-corrected chi connectivity index (χ0v) is 30.0. The molecule has 1 aliphatic rings. The molecule has 1 fully saturated rings. The van der Waals surface area contributed by atoms with Crippen LogP contribution in [-0.4, -0.2) is 48.6 Å². The molecule has 6 heteroatoms. The van der Waals surface area contributed by atoms with Crippen LogP contribution in [0.1, 0.15) is 168 Å². The molecule has 1 rings (SSSR count). The predicted molar refractivity (Wildman–Crippen MR) is 167 cm³/mol. The van der Waals surface area contributed by atoms with Crippen molar-refractivity contribution in [3.8, 4) is 0 Å². The molecule has 2 unspecified atom stereocenters. The summed E-state index contributed by atoms with van der Waals surface area (Å²) in [5.41, 5.74) is 0. The summed E-state index contributed by atoms with van der Waals surface area (Å²) in [5.74, 6) is 1.12. The zero-order chi connectivity index (χ0) is 28.8. The van der Waals surface area contributed by atoms with Crippen molar-refractivity contribution >= 4 is 5.97 Å². The smallest absolute Gasteiger partial charge is 0.306 e. The summed E-state index contributed by atoms with van der Waals surface area (Å²) in [5, 5.41) is 21.1. The van der Waals surface area contributed by atoms with Crippen molar-refractivity contribution in [1.82, 2.24) is 5.32 Å². The number of piperidine rings is 1. The quantitative estimate of drug-likeness (QED) is 0.0685. The van der Waals surface area contributed by atoms with Gasteiger partial charge < -0.3 is 20.3 Å².